The van der Waals surface area contributed by atoms with Crippen molar-refractivity contribution in [2.75, 3.05) is 11.1 Å². The molecule has 0 radical (unpaired) electrons. The summed E-state index contributed by atoms with van der Waals surface area (Å²) >= 11 is 0. The van der Waals surface area contributed by atoms with Gasteiger partial charge in [0.2, 0.25) is 0 Å². The molecule has 466 valence electrons. The van der Waals surface area contributed by atoms with E-state index in [9.17, 15) is 87.4 Å². The summed E-state index contributed by atoms with van der Waals surface area (Å²) in [5.41, 5.74) is 1.29. The van der Waals surface area contributed by atoms with Crippen LogP contribution >= 0.6 is 0 Å². The van der Waals surface area contributed by atoms with Gasteiger partial charge in [-0.25, -0.2) is 0 Å². The molecule has 0 saturated carbocycles. The third-order valence-corrected chi connectivity index (χ3v) is 10.7. The summed E-state index contributed by atoms with van der Waals surface area (Å²) in [5, 5.41) is 28.0. The number of nitrogens with two attached hydrogens (primary N) is 1. The van der Waals surface area contributed by atoms with Crippen LogP contribution in [0.1, 0.15) is 52.8 Å². The Morgan fingerprint density at radius 3 is 1.12 bits per heavy atom. The van der Waals surface area contributed by atoms with E-state index in [1.807, 2.05) is 56.3 Å². The number of aromatic amines is 1. The molecule has 0 saturated heterocycles. The summed E-state index contributed by atoms with van der Waals surface area (Å²) in [7, 11) is -5.88. The first-order valence-electron chi connectivity index (χ1n) is 22.8. The summed E-state index contributed by atoms with van der Waals surface area (Å²) in [6.45, 7) is 6.06. The van der Waals surface area contributed by atoms with Crippen molar-refractivity contribution in [3.8, 4) is 11.5 Å². The molecule has 7 N–H and O–H groups in total. The first-order chi connectivity index (χ1) is 38.3. The van der Waals surface area contributed by atoms with E-state index < -0.39 is 92.0 Å². The van der Waals surface area contributed by atoms with Gasteiger partial charge in [-0.1, -0.05) is 29.3 Å². The van der Waals surface area contributed by atoms with E-state index in [1.165, 1.54) is 36.4 Å². The van der Waals surface area contributed by atoms with Crippen molar-refractivity contribution in [3.05, 3.63) is 197 Å². The molecule has 1 aromatic heterocycles. The molecule has 8 rings (SSSR count). The van der Waals surface area contributed by atoms with Gasteiger partial charge in [0.15, 0.2) is 0 Å². The molecule has 11 nitrogen and oxygen atoms in total. The van der Waals surface area contributed by atoms with E-state index in [4.69, 9.17) is 30.6 Å². The molecule has 31 heteroatoms. The molecular formula is C54H45F18N3O8PdS. The minimum atomic E-state index is -5.88. The van der Waals surface area contributed by atoms with Gasteiger partial charge in [-0.2, -0.15) is 87.4 Å². The fourth-order valence-electron chi connectivity index (χ4n) is 5.93. The van der Waals surface area contributed by atoms with E-state index in [2.05, 4.69) is 14.5 Å². The zero-order valence-electron chi connectivity index (χ0n) is 43.5. The van der Waals surface area contributed by atoms with Crippen molar-refractivity contribution in [1.82, 2.24) is 4.98 Å². The van der Waals surface area contributed by atoms with Gasteiger partial charge in [0.1, 0.15) is 11.5 Å². The molecule has 0 aliphatic heterocycles. The van der Waals surface area contributed by atoms with Crippen LogP contribution in [0, 0.1) is 13.8 Å². The van der Waals surface area contributed by atoms with Crippen LogP contribution in [-0.2, 0) is 71.0 Å². The third-order valence-electron chi connectivity index (χ3n) is 9.74. The zero-order valence-corrected chi connectivity index (χ0v) is 45.9. The second-order valence-corrected chi connectivity index (χ2v) is 18.2. The van der Waals surface area contributed by atoms with Crippen molar-refractivity contribution in [1.29, 1.82) is 0 Å². The molecule has 0 aliphatic rings. The van der Waals surface area contributed by atoms with Crippen molar-refractivity contribution in [2.45, 2.75) is 64.1 Å². The Balaban J connectivity index is 0.000000519. The molecule has 1 heterocycles. The van der Waals surface area contributed by atoms with Gasteiger partial charge < -0.3 is 35.5 Å². The molecule has 0 aliphatic carbocycles. The quantitative estimate of drug-likeness (QED) is 0.0325. The average molecular weight is 1340 g/mol. The number of nitrogen functional groups attached to an aromatic ring is 1. The third kappa shape index (κ3) is 27.0. The predicted octanol–water partition coefficient (Wildman–Crippen LogP) is 17.2. The number of aromatic hydroxyl groups is 1. The Morgan fingerprint density at radius 2 is 0.753 bits per heavy atom. The molecule has 7 aromatic carbocycles. The van der Waals surface area contributed by atoms with Crippen LogP contribution in [0.3, 0.4) is 0 Å². The number of benzene rings is 7. The van der Waals surface area contributed by atoms with E-state index in [0.717, 1.165) is 102 Å². The van der Waals surface area contributed by atoms with Crippen LogP contribution in [0.2, 0.25) is 0 Å². The van der Waals surface area contributed by atoms with Crippen molar-refractivity contribution in [2.24, 2.45) is 0 Å². The molecule has 0 spiro atoms. The maximum atomic E-state index is 12.7. The minimum Gasteiger partial charge on any atom is -0.508 e. The average Bonchev–Trinajstić information content (AvgIpc) is 2.78. The zero-order chi connectivity index (χ0) is 64.4. The van der Waals surface area contributed by atoms with E-state index in [-0.39, 0.29) is 26.2 Å². The second kappa shape index (κ2) is 31.1. The van der Waals surface area contributed by atoms with Gasteiger partial charge in [-0.3, -0.25) is 9.59 Å². The van der Waals surface area contributed by atoms with Crippen LogP contribution in [0.5, 0.6) is 11.5 Å². The van der Waals surface area contributed by atoms with E-state index >= 15 is 0 Å². The van der Waals surface area contributed by atoms with Crippen molar-refractivity contribution >= 4 is 60.9 Å². The van der Waals surface area contributed by atoms with Gasteiger partial charge in [0.05, 0.1) is 27.8 Å². The fourth-order valence-corrected chi connectivity index (χ4v) is 6.39. The summed E-state index contributed by atoms with van der Waals surface area (Å²) in [5.74, 6) is -2.70. The number of anilines is 3. The first-order valence-corrected chi connectivity index (χ1v) is 24.2. The standard InChI is InChI=1S/C14H10F3N.C14H12F3N.C8H4F6O3S.C7H6F3N.C7H5F3O.2C2H4O2.Pd/c1-8-2-4-12-10(6-8)11-7-9(14(15,16)17)3-5-13(11)18-12;1-10-2-6-12(7-3-10)18-13-8-4-11(5-9-13)14(15,16)17;9-7(10,11)5-1-3-6(4-2-5)17-18(15,16)8(12,13)14;2*8-7(9,10)5-1-3-6(11)4-2-5;2*1-2(3)4;/h2-7,18H,1H3;2-9,18H,1H3;1-4H;1-4H,11H2;1-4,11H;2*1H3,(H,3,4);. The molecule has 0 bridgehead atoms. The number of carbonyl (C=O) groups is 2. The number of carboxylic acid groups (broad SMARTS) is 2. The SMILES string of the molecule is CC(=O)O.CC(=O)O.Cc1ccc(Nc2ccc(C(F)(F)F)cc2)cc1.Cc1ccc2[nH]c3ccc(C(F)(F)F)cc3c2c1.Nc1ccc(C(F)(F)F)cc1.O=S(=O)(Oc1ccc(C(F)(F)F)cc1)C(F)(F)F.Oc1ccc(C(F)(F)F)cc1.[Pd]. The van der Waals surface area contributed by atoms with E-state index in [0.29, 0.717) is 41.0 Å². The number of aryl methyl sites for hydroxylation is 2. The van der Waals surface area contributed by atoms with Crippen LogP contribution in [0.15, 0.2) is 158 Å². The molecule has 0 unspecified atom stereocenters. The van der Waals surface area contributed by atoms with E-state index in [1.54, 1.807) is 0 Å². The van der Waals surface area contributed by atoms with Crippen molar-refractivity contribution < 1.29 is 137 Å². The monoisotopic (exact) mass is 1340 g/mol. The predicted molar refractivity (Wildman–Crippen MR) is 274 cm³/mol. The topological polar surface area (TPSA) is 192 Å². The van der Waals surface area contributed by atoms with Crippen LogP contribution in [0.4, 0.5) is 96.1 Å². The van der Waals surface area contributed by atoms with Crippen LogP contribution in [0.25, 0.3) is 21.8 Å². The number of hydrogen-bond donors (Lipinski definition) is 6. The number of fused-ring (bicyclic) bond motifs is 3. The Labute approximate surface area is 484 Å². The normalized spacial score (nSPS) is 11.5. The Morgan fingerprint density at radius 1 is 0.459 bits per heavy atom. The largest absolute Gasteiger partial charge is 0.534 e. The van der Waals surface area contributed by atoms with Gasteiger partial charge in [-0.15, -0.1) is 0 Å². The number of H-pyrrole nitrogens is 1. The van der Waals surface area contributed by atoms with Crippen LogP contribution in [-0.4, -0.2) is 46.2 Å². The van der Waals surface area contributed by atoms with Gasteiger partial charge in [0, 0.05) is 73.1 Å². The summed E-state index contributed by atoms with van der Waals surface area (Å²) in [6, 6.07) is 31.9. The number of halogens is 18. The van der Waals surface area contributed by atoms with Gasteiger partial charge in [0.25, 0.3) is 11.9 Å². The number of alkyl halides is 18. The molecule has 8 aromatic rings. The first kappa shape index (κ1) is 74.8. The van der Waals surface area contributed by atoms with Gasteiger partial charge >= 0.3 is 46.5 Å². The maximum absolute atomic E-state index is 12.7. The number of nitrogens with one attached hydrogen (secondary N) is 2. The summed E-state index contributed by atoms with van der Waals surface area (Å²) < 4.78 is 243. The van der Waals surface area contributed by atoms with Crippen LogP contribution < -0.4 is 15.2 Å². The van der Waals surface area contributed by atoms with Crippen molar-refractivity contribution in [3.63, 3.8) is 0 Å². The minimum absolute atomic E-state index is 0. The summed E-state index contributed by atoms with van der Waals surface area (Å²) in [6.07, 6.45) is -21.9. The number of rotatable bonds is 4. The number of hydrogen-bond acceptors (Lipinski definition) is 8. The Kier molecular flexibility index (Phi) is 27.4. The molecular weight excluding hydrogens is 1300 g/mol. The Hall–Kier alpha value is -8.17. The number of phenols is 1. The Bertz CT molecular complexity index is 3400. The number of carboxylic acids is 2. The molecule has 0 amide bonds. The molecule has 0 atom stereocenters. The second-order valence-electron chi connectivity index (χ2n) is 16.7. The van der Waals surface area contributed by atoms with Gasteiger partial charge in [-0.05, 0) is 153 Å². The number of phenolic OH excluding ortho intramolecular Hbond substituents is 1. The number of aliphatic carboxylic acids is 2. The maximum Gasteiger partial charge on any atom is 0.534 e. The molecule has 85 heavy (non-hydrogen) atoms. The molecule has 0 fully saturated rings. The summed E-state index contributed by atoms with van der Waals surface area (Å²) in [4.78, 5) is 21.1. The number of aromatic nitrogens is 1. The smallest absolute Gasteiger partial charge is 0.508 e. The fraction of sp³-hybridized carbons (Fsp3) is 0.185.